The molecular formula is C15H4F12NO2-. The minimum absolute atomic E-state index is 0.0752. The Labute approximate surface area is 157 Å². The number of benzene rings is 1. The molecule has 1 aliphatic rings. The molecule has 0 bridgehead atoms. The summed E-state index contributed by atoms with van der Waals surface area (Å²) in [6.45, 7) is 0. The van der Waals surface area contributed by atoms with E-state index in [0.29, 0.717) is 0 Å². The van der Waals surface area contributed by atoms with Gasteiger partial charge in [0.25, 0.3) is 5.78 Å². The normalized spacial score (nSPS) is 15.3. The van der Waals surface area contributed by atoms with Crippen LogP contribution in [-0.2, 0) is 17.4 Å². The van der Waals surface area contributed by atoms with Crippen LogP contribution in [-0.4, -0.2) is 30.0 Å². The zero-order chi connectivity index (χ0) is 23.4. The van der Waals surface area contributed by atoms with Gasteiger partial charge in [-0.1, -0.05) is 5.76 Å². The number of rotatable bonds is 2. The maximum absolute atomic E-state index is 13.0. The Morgan fingerprint density at radius 1 is 0.833 bits per heavy atom. The Morgan fingerprint density at radius 2 is 1.33 bits per heavy atom. The highest BCUT2D eigenvalue weighted by Gasteiger charge is 2.53. The standard InChI is InChI=1S/C15H5F12NO2/c16-12(17,18)4-1-6-5(3-7(9(6)29)10(30)13(19,20)21)8(2-4)28-11(14(22,23)24)15(25,26)27/h1-2,29H,3H2/p-1. The highest BCUT2D eigenvalue weighted by atomic mass is 19.4. The number of allylic oxidation sites excluding steroid dienone is 1. The Bertz CT molecular complexity index is 929. The van der Waals surface area contributed by atoms with Crippen LogP contribution in [0, 0.1) is 0 Å². The number of hydrogen-bond donors (Lipinski definition) is 0. The van der Waals surface area contributed by atoms with Crippen LogP contribution in [0.15, 0.2) is 22.7 Å². The summed E-state index contributed by atoms with van der Waals surface area (Å²) in [4.78, 5) is 13.4. The molecule has 1 aliphatic carbocycles. The van der Waals surface area contributed by atoms with Gasteiger partial charge in [0.05, 0.1) is 11.3 Å². The van der Waals surface area contributed by atoms with Crippen molar-refractivity contribution in [2.45, 2.75) is 31.1 Å². The minimum Gasteiger partial charge on any atom is -0.872 e. The second-order valence-electron chi connectivity index (χ2n) is 5.79. The van der Waals surface area contributed by atoms with Crippen molar-refractivity contribution in [3.8, 4) is 0 Å². The first-order valence-corrected chi connectivity index (χ1v) is 7.24. The number of halogens is 12. The highest BCUT2D eigenvalue weighted by Crippen LogP contribution is 2.44. The van der Waals surface area contributed by atoms with Gasteiger partial charge in [0.2, 0.25) is 5.71 Å². The number of aliphatic imine (C=N–C) groups is 1. The molecule has 166 valence electrons. The molecule has 0 saturated carbocycles. The van der Waals surface area contributed by atoms with Crippen LogP contribution in [0.4, 0.5) is 58.4 Å². The Balaban J connectivity index is 2.81. The molecule has 0 fully saturated rings. The van der Waals surface area contributed by atoms with Crippen LogP contribution in [0.5, 0.6) is 0 Å². The van der Waals surface area contributed by atoms with Crippen molar-refractivity contribution in [2.75, 3.05) is 0 Å². The first-order valence-electron chi connectivity index (χ1n) is 7.24. The molecule has 0 spiro atoms. The lowest BCUT2D eigenvalue weighted by Crippen LogP contribution is -2.36. The topological polar surface area (TPSA) is 52.5 Å². The maximum atomic E-state index is 13.0. The number of hydrogen-bond acceptors (Lipinski definition) is 3. The lowest BCUT2D eigenvalue weighted by Gasteiger charge is -2.18. The Kier molecular flexibility index (Phi) is 5.42. The lowest BCUT2D eigenvalue weighted by atomic mass is 10.0. The molecule has 0 unspecified atom stereocenters. The number of nitrogens with zero attached hydrogens (tertiary/aromatic N) is 1. The molecular weight excluding hydrogens is 454 g/mol. The number of alkyl halides is 12. The smallest absolute Gasteiger partial charge is 0.454 e. The van der Waals surface area contributed by atoms with Crippen LogP contribution in [0.2, 0.25) is 0 Å². The van der Waals surface area contributed by atoms with E-state index in [9.17, 15) is 62.6 Å². The molecule has 0 aliphatic heterocycles. The summed E-state index contributed by atoms with van der Waals surface area (Å²) in [6, 6.07) is -0.362. The second-order valence-corrected chi connectivity index (χ2v) is 5.79. The van der Waals surface area contributed by atoms with E-state index in [2.05, 4.69) is 4.99 Å². The molecule has 0 amide bonds. The molecule has 0 aromatic heterocycles. The number of Topliss-reactive ketones (excluding diaryl/α,β-unsaturated/α-hetero) is 1. The molecule has 30 heavy (non-hydrogen) atoms. The van der Waals surface area contributed by atoms with Crippen molar-refractivity contribution in [3.63, 3.8) is 0 Å². The van der Waals surface area contributed by atoms with Gasteiger partial charge in [0.15, 0.2) is 0 Å². The van der Waals surface area contributed by atoms with Crippen LogP contribution >= 0.6 is 0 Å². The average molecular weight is 458 g/mol. The van der Waals surface area contributed by atoms with Gasteiger partial charge in [-0.2, -0.15) is 52.7 Å². The molecule has 0 saturated heterocycles. The summed E-state index contributed by atoms with van der Waals surface area (Å²) in [5, 5.41) is 12.0. The van der Waals surface area contributed by atoms with Gasteiger partial charge in [-0.05, 0) is 23.3 Å². The largest absolute Gasteiger partial charge is 0.872 e. The summed E-state index contributed by atoms with van der Waals surface area (Å²) >= 11 is 0. The quantitative estimate of drug-likeness (QED) is 0.478. The van der Waals surface area contributed by atoms with E-state index in [1.54, 1.807) is 0 Å². The third kappa shape index (κ3) is 4.53. The molecule has 0 atom stereocenters. The van der Waals surface area contributed by atoms with Gasteiger partial charge < -0.3 is 5.11 Å². The van der Waals surface area contributed by atoms with Crippen molar-refractivity contribution in [2.24, 2.45) is 4.99 Å². The van der Waals surface area contributed by atoms with Crippen molar-refractivity contribution >= 4 is 22.9 Å². The summed E-state index contributed by atoms with van der Waals surface area (Å²) in [7, 11) is 0. The van der Waals surface area contributed by atoms with Gasteiger partial charge in [-0.3, -0.25) is 4.79 Å². The van der Waals surface area contributed by atoms with Crippen molar-refractivity contribution in [1.29, 1.82) is 0 Å². The number of carbonyl (C=O) groups is 1. The van der Waals surface area contributed by atoms with E-state index in [4.69, 9.17) is 0 Å². The van der Waals surface area contributed by atoms with E-state index in [1.807, 2.05) is 0 Å². The van der Waals surface area contributed by atoms with Gasteiger partial charge in [-0.15, -0.1) is 0 Å². The van der Waals surface area contributed by atoms with Crippen molar-refractivity contribution in [1.82, 2.24) is 0 Å². The third-order valence-electron chi connectivity index (χ3n) is 3.73. The van der Waals surface area contributed by atoms with Crippen molar-refractivity contribution < 1.29 is 62.6 Å². The Hall–Kier alpha value is -2.74. The summed E-state index contributed by atoms with van der Waals surface area (Å²) < 4.78 is 153. The molecule has 1 aromatic carbocycles. The van der Waals surface area contributed by atoms with Crippen LogP contribution in [0.25, 0.3) is 5.76 Å². The van der Waals surface area contributed by atoms with Gasteiger partial charge in [-0.25, -0.2) is 4.99 Å². The SMILES string of the molecule is O=C(C1=C([O-])c2cc(C(F)(F)F)cc(N=C(C(F)(F)F)C(F)(F)F)c2C1)C(F)(F)F. The summed E-state index contributed by atoms with van der Waals surface area (Å²) in [6.07, 6.45) is -24.9. The Morgan fingerprint density at radius 3 is 1.73 bits per heavy atom. The summed E-state index contributed by atoms with van der Waals surface area (Å²) in [5.41, 5.74) is -11.2. The fraction of sp³-hybridized carbons (Fsp3) is 0.333. The van der Waals surface area contributed by atoms with E-state index in [-0.39, 0.29) is 12.1 Å². The van der Waals surface area contributed by atoms with Crippen LogP contribution in [0.1, 0.15) is 16.7 Å². The van der Waals surface area contributed by atoms with Gasteiger partial charge in [0, 0.05) is 12.0 Å². The fourth-order valence-electron chi connectivity index (χ4n) is 2.49. The zero-order valence-corrected chi connectivity index (χ0v) is 13.7. The molecule has 1 aromatic rings. The third-order valence-corrected chi connectivity index (χ3v) is 3.73. The number of carbonyl (C=O) groups excluding carboxylic acids is 1. The maximum Gasteiger partial charge on any atom is 0.454 e. The van der Waals surface area contributed by atoms with Gasteiger partial charge in [0.1, 0.15) is 0 Å². The van der Waals surface area contributed by atoms with Crippen LogP contribution in [0.3, 0.4) is 0 Å². The van der Waals surface area contributed by atoms with E-state index >= 15 is 0 Å². The van der Waals surface area contributed by atoms with Gasteiger partial charge >= 0.3 is 24.7 Å². The van der Waals surface area contributed by atoms with E-state index in [0.717, 1.165) is 0 Å². The zero-order valence-electron chi connectivity index (χ0n) is 13.7. The van der Waals surface area contributed by atoms with Crippen molar-refractivity contribution in [3.05, 3.63) is 34.4 Å². The second kappa shape index (κ2) is 6.91. The molecule has 15 heteroatoms. The first-order chi connectivity index (χ1) is 13.2. The average Bonchev–Trinajstić information content (AvgIpc) is 2.84. The number of ketones is 1. The molecule has 3 nitrogen and oxygen atoms in total. The molecule has 2 rings (SSSR count). The number of fused-ring (bicyclic) bond motifs is 1. The molecule has 0 radical (unpaired) electrons. The first kappa shape index (κ1) is 23.5. The van der Waals surface area contributed by atoms with E-state index < -0.39 is 76.3 Å². The predicted octanol–water partition coefficient (Wildman–Crippen LogP) is 4.66. The molecule has 0 heterocycles. The molecule has 0 N–H and O–H groups in total. The fourth-order valence-corrected chi connectivity index (χ4v) is 2.49. The van der Waals surface area contributed by atoms with E-state index in [1.165, 1.54) is 0 Å². The summed E-state index contributed by atoms with van der Waals surface area (Å²) in [5.74, 6) is -4.70. The lowest BCUT2D eigenvalue weighted by molar-refractivity contribution is -0.244. The van der Waals surface area contributed by atoms with Crippen LogP contribution < -0.4 is 5.11 Å². The highest BCUT2D eigenvalue weighted by molar-refractivity contribution is 6.07. The predicted molar refractivity (Wildman–Crippen MR) is 72.3 cm³/mol. The minimum atomic E-state index is -6.20. The monoisotopic (exact) mass is 458 g/mol.